The minimum absolute atomic E-state index is 0.0211. The van der Waals surface area contributed by atoms with Gasteiger partial charge >= 0.3 is 5.97 Å². The van der Waals surface area contributed by atoms with E-state index in [9.17, 15) is 14.7 Å². The number of aromatic hydroxyl groups is 1. The zero-order chi connectivity index (χ0) is 21.5. The predicted octanol–water partition coefficient (Wildman–Crippen LogP) is 3.01. The van der Waals surface area contributed by atoms with Gasteiger partial charge in [-0.05, 0) is 55.7 Å². The summed E-state index contributed by atoms with van der Waals surface area (Å²) in [5.41, 5.74) is 1.42. The number of methoxy groups -OCH3 is 1. The third-order valence-corrected chi connectivity index (χ3v) is 4.77. The van der Waals surface area contributed by atoms with E-state index in [1.165, 1.54) is 7.11 Å². The highest BCUT2D eigenvalue weighted by Crippen LogP contribution is 2.26. The van der Waals surface area contributed by atoms with Gasteiger partial charge in [-0.3, -0.25) is 9.80 Å². The molecule has 0 radical (unpaired) electrons. The molecule has 8 heteroatoms. The molecular weight excluding hydrogens is 386 g/mol. The van der Waals surface area contributed by atoms with E-state index in [-0.39, 0.29) is 18.3 Å². The van der Waals surface area contributed by atoms with Crippen LogP contribution in [-0.2, 0) is 9.53 Å². The first-order valence-corrected chi connectivity index (χ1v) is 9.78. The van der Waals surface area contributed by atoms with Crippen molar-refractivity contribution in [3.05, 3.63) is 53.6 Å². The van der Waals surface area contributed by atoms with Crippen molar-refractivity contribution in [1.82, 2.24) is 5.01 Å². The fourth-order valence-corrected chi connectivity index (χ4v) is 3.28. The van der Waals surface area contributed by atoms with Crippen LogP contribution in [0.1, 0.15) is 35.7 Å². The Morgan fingerprint density at radius 2 is 2.10 bits per heavy atom. The number of rotatable bonds is 7. The van der Waals surface area contributed by atoms with Crippen molar-refractivity contribution in [1.29, 1.82) is 0 Å². The van der Waals surface area contributed by atoms with Gasteiger partial charge in [-0.2, -0.15) is 5.10 Å². The van der Waals surface area contributed by atoms with E-state index in [4.69, 9.17) is 9.47 Å². The number of ether oxygens (including phenoxy) is 2. The van der Waals surface area contributed by atoms with Gasteiger partial charge in [-0.15, -0.1) is 0 Å². The molecule has 1 atom stereocenters. The molecule has 158 valence electrons. The molecule has 30 heavy (non-hydrogen) atoms. The lowest BCUT2D eigenvalue weighted by Crippen LogP contribution is -2.37. The number of nitrogens with one attached hydrogen (secondary N) is 1. The van der Waals surface area contributed by atoms with Crippen molar-refractivity contribution in [3.8, 4) is 11.5 Å². The van der Waals surface area contributed by atoms with Crippen LogP contribution >= 0.6 is 0 Å². The van der Waals surface area contributed by atoms with Crippen molar-refractivity contribution >= 4 is 23.8 Å². The van der Waals surface area contributed by atoms with E-state index in [1.807, 2.05) is 0 Å². The normalized spacial score (nSPS) is 15.9. The van der Waals surface area contributed by atoms with Gasteiger partial charge in [0.15, 0.2) is 11.5 Å². The molecule has 1 aliphatic rings. The molecular formula is C22H25N3O5. The molecule has 1 fully saturated rings. The molecule has 2 N–H and O–H groups in total. The molecule has 1 amide bonds. The van der Waals surface area contributed by atoms with Gasteiger partial charge in [0.2, 0.25) is 5.91 Å². The average Bonchev–Trinajstić information content (AvgIpc) is 3.22. The molecule has 0 aromatic heterocycles. The van der Waals surface area contributed by atoms with Crippen LogP contribution in [0.5, 0.6) is 11.5 Å². The summed E-state index contributed by atoms with van der Waals surface area (Å²) in [5, 5.41) is 18.9. The van der Waals surface area contributed by atoms with Gasteiger partial charge in [0, 0.05) is 6.54 Å². The number of phenolic OH excluding ortho intramolecular Hbond substituents is 1. The van der Waals surface area contributed by atoms with Crippen LogP contribution in [0, 0.1) is 0 Å². The number of hydrazone groups is 1. The quantitative estimate of drug-likeness (QED) is 0.537. The molecule has 1 aliphatic heterocycles. The van der Waals surface area contributed by atoms with E-state index >= 15 is 0 Å². The minimum Gasteiger partial charge on any atom is -0.504 e. The van der Waals surface area contributed by atoms with Gasteiger partial charge in [-0.25, -0.2) is 4.79 Å². The van der Waals surface area contributed by atoms with Crippen molar-refractivity contribution in [2.45, 2.75) is 25.8 Å². The number of anilines is 1. The first kappa shape index (κ1) is 21.2. The van der Waals surface area contributed by atoms with Crippen LogP contribution in [0.15, 0.2) is 47.6 Å². The molecule has 1 heterocycles. The zero-order valence-electron chi connectivity index (χ0n) is 17.0. The van der Waals surface area contributed by atoms with Crippen LogP contribution in [0.4, 0.5) is 5.69 Å². The van der Waals surface area contributed by atoms with Crippen LogP contribution in [-0.4, -0.2) is 54.5 Å². The summed E-state index contributed by atoms with van der Waals surface area (Å²) in [6, 6.07) is 11.3. The second-order valence-corrected chi connectivity index (χ2v) is 6.75. The van der Waals surface area contributed by atoms with E-state index in [0.29, 0.717) is 35.5 Å². The monoisotopic (exact) mass is 411 g/mol. The summed E-state index contributed by atoms with van der Waals surface area (Å²) in [7, 11) is 1.48. The Hall–Kier alpha value is -3.55. The molecule has 8 nitrogen and oxygen atoms in total. The lowest BCUT2D eigenvalue weighted by molar-refractivity contribution is -0.120. The number of carbonyl (C=O) groups excluding carboxylic acids is 2. The number of nitrogens with zero attached hydrogens (tertiary/aromatic N) is 2. The zero-order valence-corrected chi connectivity index (χ0v) is 17.0. The summed E-state index contributed by atoms with van der Waals surface area (Å²) in [4.78, 5) is 25.0. The average molecular weight is 411 g/mol. The number of amides is 1. The molecule has 0 bridgehead atoms. The smallest absolute Gasteiger partial charge is 0.340 e. The Morgan fingerprint density at radius 1 is 1.30 bits per heavy atom. The maximum atomic E-state index is 12.9. The van der Waals surface area contributed by atoms with E-state index in [2.05, 4.69) is 10.4 Å². The third kappa shape index (κ3) is 4.89. The number of phenols is 1. The lowest BCUT2D eigenvalue weighted by atomic mass is 10.1. The Bertz CT molecular complexity index is 944. The molecule has 0 spiro atoms. The summed E-state index contributed by atoms with van der Waals surface area (Å²) < 4.78 is 10.1. The number of hydrogen-bond acceptors (Lipinski definition) is 7. The van der Waals surface area contributed by atoms with E-state index < -0.39 is 12.0 Å². The predicted molar refractivity (Wildman–Crippen MR) is 113 cm³/mol. The van der Waals surface area contributed by atoms with Crippen molar-refractivity contribution in [2.75, 3.05) is 25.6 Å². The molecule has 1 unspecified atom stereocenters. The topological polar surface area (TPSA) is 100 Å². The molecule has 3 rings (SSSR count). The molecule has 0 aliphatic carbocycles. The van der Waals surface area contributed by atoms with Crippen molar-refractivity contribution in [3.63, 3.8) is 0 Å². The minimum atomic E-state index is -0.478. The standard InChI is InChI=1S/C22H25N3O5/c1-3-30-22(28)16-7-4-5-8-17(16)24-21(27)18-9-6-12-25(18)23-14-15-10-11-20(29-2)19(26)13-15/h4-5,7-8,10-11,13-14,18,26H,3,6,9,12H2,1-2H3,(H,24,27)/b23-14+. The number of esters is 1. The SMILES string of the molecule is CCOC(=O)c1ccccc1NC(=O)C1CCCN1/N=C/c1ccc(OC)c(O)c1. The Kier molecular flexibility index (Phi) is 6.90. The van der Waals surface area contributed by atoms with Crippen molar-refractivity contribution in [2.24, 2.45) is 5.10 Å². The van der Waals surface area contributed by atoms with E-state index in [0.717, 1.165) is 6.42 Å². The highest BCUT2D eigenvalue weighted by molar-refractivity contribution is 6.02. The van der Waals surface area contributed by atoms with Gasteiger partial charge in [0.25, 0.3) is 0 Å². The third-order valence-electron chi connectivity index (χ3n) is 4.77. The lowest BCUT2D eigenvalue weighted by Gasteiger charge is -2.21. The summed E-state index contributed by atoms with van der Waals surface area (Å²) in [6.07, 6.45) is 3.07. The molecule has 2 aromatic rings. The Balaban J connectivity index is 1.71. The number of hydrogen-bond donors (Lipinski definition) is 2. The fourth-order valence-electron chi connectivity index (χ4n) is 3.28. The second-order valence-electron chi connectivity index (χ2n) is 6.75. The summed E-state index contributed by atoms with van der Waals surface area (Å²) in [6.45, 7) is 2.62. The molecule has 1 saturated heterocycles. The highest BCUT2D eigenvalue weighted by atomic mass is 16.5. The summed E-state index contributed by atoms with van der Waals surface area (Å²) >= 11 is 0. The van der Waals surface area contributed by atoms with Gasteiger partial charge in [-0.1, -0.05) is 12.1 Å². The number of para-hydroxylation sites is 1. The summed E-state index contributed by atoms with van der Waals surface area (Å²) in [5.74, 6) is -0.313. The van der Waals surface area contributed by atoms with E-state index in [1.54, 1.807) is 60.6 Å². The van der Waals surface area contributed by atoms with Crippen molar-refractivity contribution < 1.29 is 24.2 Å². The molecule has 0 saturated carbocycles. The first-order chi connectivity index (χ1) is 14.5. The highest BCUT2D eigenvalue weighted by Gasteiger charge is 2.30. The number of benzene rings is 2. The van der Waals surface area contributed by atoms with Crippen LogP contribution < -0.4 is 10.1 Å². The van der Waals surface area contributed by atoms with Crippen LogP contribution in [0.3, 0.4) is 0 Å². The van der Waals surface area contributed by atoms with Gasteiger partial charge in [0.05, 0.1) is 31.2 Å². The van der Waals surface area contributed by atoms with Gasteiger partial charge in [0.1, 0.15) is 6.04 Å². The van der Waals surface area contributed by atoms with Crippen LogP contribution in [0.25, 0.3) is 0 Å². The maximum Gasteiger partial charge on any atom is 0.340 e. The Morgan fingerprint density at radius 3 is 2.83 bits per heavy atom. The maximum absolute atomic E-state index is 12.9. The second kappa shape index (κ2) is 9.78. The fraction of sp³-hybridized carbons (Fsp3) is 0.318. The van der Waals surface area contributed by atoms with Crippen LogP contribution in [0.2, 0.25) is 0 Å². The molecule has 2 aromatic carbocycles. The van der Waals surface area contributed by atoms with Gasteiger partial charge < -0.3 is 19.9 Å². The first-order valence-electron chi connectivity index (χ1n) is 9.78. The number of carbonyl (C=O) groups is 2. The largest absolute Gasteiger partial charge is 0.504 e. The Labute approximate surface area is 175 Å².